The van der Waals surface area contributed by atoms with Crippen LogP contribution in [-0.4, -0.2) is 47.2 Å². The largest absolute Gasteiger partial charge is 0.417 e. The number of rotatable bonds is 4. The second-order valence-corrected chi connectivity index (χ2v) is 7.53. The topological polar surface area (TPSA) is 72.7 Å². The third-order valence-electron chi connectivity index (χ3n) is 5.67. The molecule has 1 fully saturated rings. The number of fused-ring (bicyclic) bond motifs is 1. The van der Waals surface area contributed by atoms with Crippen LogP contribution in [0.3, 0.4) is 0 Å². The third-order valence-corrected chi connectivity index (χ3v) is 5.67. The van der Waals surface area contributed by atoms with Crippen LogP contribution in [0.1, 0.15) is 24.2 Å². The van der Waals surface area contributed by atoms with Crippen molar-refractivity contribution in [2.45, 2.75) is 25.2 Å². The van der Waals surface area contributed by atoms with Crippen LogP contribution >= 0.6 is 0 Å². The highest BCUT2D eigenvalue weighted by atomic mass is 19.4. The molecule has 1 aliphatic heterocycles. The average molecular weight is 421 g/mol. The van der Waals surface area contributed by atoms with Gasteiger partial charge >= 0.3 is 11.9 Å². The summed E-state index contributed by atoms with van der Waals surface area (Å²) < 4.78 is 44.0. The molecular formula is C21H22F3N3O3. The molecule has 9 heteroatoms. The Bertz CT molecular complexity index is 1080. The summed E-state index contributed by atoms with van der Waals surface area (Å²) in [6.07, 6.45) is -5.16. The number of aliphatic hydroxyl groups is 1. The fraction of sp³-hybridized carbons (Fsp3) is 0.381. The lowest BCUT2D eigenvalue weighted by molar-refractivity contribution is -0.137. The summed E-state index contributed by atoms with van der Waals surface area (Å²) in [5, 5.41) is 10.8. The van der Waals surface area contributed by atoms with Crippen LogP contribution in [0, 0.1) is 0 Å². The maximum atomic E-state index is 13.0. The van der Waals surface area contributed by atoms with Gasteiger partial charge < -0.3 is 14.4 Å². The van der Waals surface area contributed by atoms with E-state index in [1.54, 1.807) is 24.3 Å². The Balaban J connectivity index is 1.42. The minimum atomic E-state index is -4.36. The Morgan fingerprint density at radius 2 is 1.83 bits per heavy atom. The van der Waals surface area contributed by atoms with Crippen LogP contribution in [0.15, 0.2) is 51.7 Å². The standard InChI is InChI=1S/C21H22F3N3O3/c1-13(19(28)14-5-6-17-18(11-14)30-20(29)25-17)26-7-9-27(10-8-26)16-4-2-3-15(12-16)21(22,23)24/h2-6,11-13,19,28H,7-10H2,1H3,(H,25,29)/t13-,19+/m1/s1. The second kappa shape index (κ2) is 7.81. The molecule has 2 atom stereocenters. The Kier molecular flexibility index (Phi) is 5.33. The van der Waals surface area contributed by atoms with Crippen LogP contribution in [0.4, 0.5) is 18.9 Å². The molecule has 1 aromatic heterocycles. The van der Waals surface area contributed by atoms with Gasteiger partial charge in [0, 0.05) is 37.9 Å². The number of aromatic nitrogens is 1. The summed E-state index contributed by atoms with van der Waals surface area (Å²) in [7, 11) is 0. The van der Waals surface area contributed by atoms with Crippen LogP contribution in [0.25, 0.3) is 11.1 Å². The summed E-state index contributed by atoms with van der Waals surface area (Å²) in [5.41, 5.74) is 1.48. The van der Waals surface area contributed by atoms with Crippen molar-refractivity contribution in [3.8, 4) is 0 Å². The van der Waals surface area contributed by atoms with Crippen LogP contribution in [0.5, 0.6) is 0 Å². The van der Waals surface area contributed by atoms with Crippen molar-refractivity contribution in [3.05, 3.63) is 64.1 Å². The van der Waals surface area contributed by atoms with Gasteiger partial charge in [0.1, 0.15) is 0 Å². The fourth-order valence-corrected chi connectivity index (χ4v) is 3.89. The molecule has 0 spiro atoms. The number of nitrogens with one attached hydrogen (secondary N) is 1. The first kappa shape index (κ1) is 20.5. The number of piperazine rings is 1. The number of aliphatic hydroxyl groups excluding tert-OH is 1. The highest BCUT2D eigenvalue weighted by Crippen LogP contribution is 2.32. The minimum Gasteiger partial charge on any atom is -0.408 e. The molecule has 0 unspecified atom stereocenters. The lowest BCUT2D eigenvalue weighted by Gasteiger charge is -2.40. The predicted octanol–water partition coefficient (Wildman–Crippen LogP) is 3.38. The van der Waals surface area contributed by atoms with Gasteiger partial charge in [0.25, 0.3) is 0 Å². The number of hydrogen-bond donors (Lipinski definition) is 2. The number of hydrogen-bond acceptors (Lipinski definition) is 5. The molecular weight excluding hydrogens is 399 g/mol. The van der Waals surface area contributed by atoms with E-state index >= 15 is 0 Å². The molecule has 0 saturated carbocycles. The first-order valence-corrected chi connectivity index (χ1v) is 9.69. The molecule has 30 heavy (non-hydrogen) atoms. The van der Waals surface area contributed by atoms with E-state index in [9.17, 15) is 23.1 Å². The molecule has 160 valence electrons. The summed E-state index contributed by atoms with van der Waals surface area (Å²) in [6, 6.07) is 10.2. The number of aromatic amines is 1. The molecule has 0 radical (unpaired) electrons. The fourth-order valence-electron chi connectivity index (χ4n) is 3.89. The molecule has 0 bridgehead atoms. The minimum absolute atomic E-state index is 0.211. The lowest BCUT2D eigenvalue weighted by atomic mass is 10.0. The van der Waals surface area contributed by atoms with Gasteiger partial charge in [-0.1, -0.05) is 12.1 Å². The Morgan fingerprint density at radius 3 is 2.53 bits per heavy atom. The van der Waals surface area contributed by atoms with Gasteiger partial charge in [-0.05, 0) is 42.8 Å². The lowest BCUT2D eigenvalue weighted by Crippen LogP contribution is -2.51. The van der Waals surface area contributed by atoms with Crippen LogP contribution in [0.2, 0.25) is 0 Å². The van der Waals surface area contributed by atoms with Crippen molar-refractivity contribution in [1.82, 2.24) is 9.88 Å². The molecule has 1 aliphatic rings. The van der Waals surface area contributed by atoms with Crippen molar-refractivity contribution >= 4 is 16.8 Å². The number of benzene rings is 2. The van der Waals surface area contributed by atoms with Gasteiger partial charge in [0.05, 0.1) is 17.2 Å². The second-order valence-electron chi connectivity index (χ2n) is 7.53. The van der Waals surface area contributed by atoms with Gasteiger partial charge in [-0.3, -0.25) is 9.88 Å². The zero-order valence-electron chi connectivity index (χ0n) is 16.3. The molecule has 1 saturated heterocycles. The van der Waals surface area contributed by atoms with E-state index in [2.05, 4.69) is 9.88 Å². The summed E-state index contributed by atoms with van der Waals surface area (Å²) in [4.78, 5) is 17.9. The highest BCUT2D eigenvalue weighted by molar-refractivity contribution is 5.72. The van der Waals surface area contributed by atoms with E-state index in [1.165, 1.54) is 12.1 Å². The Hall–Kier alpha value is -2.78. The van der Waals surface area contributed by atoms with E-state index in [-0.39, 0.29) is 6.04 Å². The number of halogens is 3. The van der Waals surface area contributed by atoms with Gasteiger partial charge in [-0.15, -0.1) is 0 Å². The summed E-state index contributed by atoms with van der Waals surface area (Å²) >= 11 is 0. The number of oxazole rings is 1. The maximum Gasteiger partial charge on any atom is 0.417 e. The molecule has 4 rings (SSSR count). The number of anilines is 1. The maximum absolute atomic E-state index is 13.0. The zero-order chi connectivity index (χ0) is 21.5. The number of alkyl halides is 3. The smallest absolute Gasteiger partial charge is 0.408 e. The van der Waals surface area contributed by atoms with Crippen LogP contribution < -0.4 is 10.7 Å². The molecule has 2 N–H and O–H groups in total. The summed E-state index contributed by atoms with van der Waals surface area (Å²) in [5.74, 6) is -0.546. The summed E-state index contributed by atoms with van der Waals surface area (Å²) in [6.45, 7) is 4.24. The third kappa shape index (κ3) is 4.08. The van der Waals surface area contributed by atoms with Crippen LogP contribution in [-0.2, 0) is 6.18 Å². The van der Waals surface area contributed by atoms with E-state index in [4.69, 9.17) is 4.42 Å². The van der Waals surface area contributed by atoms with Gasteiger partial charge in [-0.25, -0.2) is 4.79 Å². The predicted molar refractivity (Wildman–Crippen MR) is 106 cm³/mol. The van der Waals surface area contributed by atoms with Crippen molar-refractivity contribution < 1.29 is 22.7 Å². The number of nitrogens with zero attached hydrogens (tertiary/aromatic N) is 2. The first-order valence-electron chi connectivity index (χ1n) is 9.69. The number of H-pyrrole nitrogens is 1. The van der Waals surface area contributed by atoms with Crippen molar-refractivity contribution in [2.24, 2.45) is 0 Å². The van der Waals surface area contributed by atoms with Crippen molar-refractivity contribution in [3.63, 3.8) is 0 Å². The van der Waals surface area contributed by atoms with E-state index < -0.39 is 23.6 Å². The van der Waals surface area contributed by atoms with E-state index in [0.29, 0.717) is 48.5 Å². The average Bonchev–Trinajstić information content (AvgIpc) is 3.11. The first-order chi connectivity index (χ1) is 14.2. The Labute approximate surface area is 170 Å². The van der Waals surface area contributed by atoms with Crippen molar-refractivity contribution in [2.75, 3.05) is 31.1 Å². The van der Waals surface area contributed by atoms with E-state index in [1.807, 2.05) is 11.8 Å². The van der Waals surface area contributed by atoms with Gasteiger partial charge in [-0.2, -0.15) is 13.2 Å². The highest BCUT2D eigenvalue weighted by Gasteiger charge is 2.32. The zero-order valence-corrected chi connectivity index (χ0v) is 16.3. The van der Waals surface area contributed by atoms with Gasteiger partial charge in [0.2, 0.25) is 0 Å². The van der Waals surface area contributed by atoms with Gasteiger partial charge in [0.15, 0.2) is 5.58 Å². The monoisotopic (exact) mass is 421 g/mol. The molecule has 2 heterocycles. The Morgan fingerprint density at radius 1 is 1.10 bits per heavy atom. The molecule has 0 aliphatic carbocycles. The van der Waals surface area contributed by atoms with E-state index in [0.717, 1.165) is 6.07 Å². The molecule has 3 aromatic rings. The molecule has 2 aromatic carbocycles. The van der Waals surface area contributed by atoms with Crippen molar-refractivity contribution in [1.29, 1.82) is 0 Å². The molecule has 0 amide bonds. The molecule has 6 nitrogen and oxygen atoms in total. The SMILES string of the molecule is C[C@H]([C@H](O)c1ccc2[nH]c(=O)oc2c1)N1CCN(c2cccc(C(F)(F)F)c2)CC1. The quantitative estimate of drug-likeness (QED) is 0.676. The normalized spacial score (nSPS) is 18.0.